The highest BCUT2D eigenvalue weighted by Crippen LogP contribution is 2.13. The van der Waals surface area contributed by atoms with Crippen LogP contribution in [-0.2, 0) is 5.33 Å². The van der Waals surface area contributed by atoms with Gasteiger partial charge in [0.05, 0.1) is 10.4 Å². The smallest absolute Gasteiger partial charge is 0.423 e. The molecule has 0 aromatic heterocycles. The van der Waals surface area contributed by atoms with Crippen LogP contribution in [0.4, 0.5) is 5.69 Å². The monoisotopic (exact) mass is 259 g/mol. The Morgan fingerprint density at radius 3 is 2.57 bits per heavy atom. The summed E-state index contributed by atoms with van der Waals surface area (Å²) in [4.78, 5) is 9.92. The molecule has 0 bridgehead atoms. The highest BCUT2D eigenvalue weighted by Gasteiger charge is 2.23. The number of hydrogen-bond donors (Lipinski definition) is 2. The van der Waals surface area contributed by atoms with Gasteiger partial charge in [-0.05, 0) is 5.56 Å². The van der Waals surface area contributed by atoms with Gasteiger partial charge in [-0.2, -0.15) is 0 Å². The van der Waals surface area contributed by atoms with E-state index in [2.05, 4.69) is 15.9 Å². The van der Waals surface area contributed by atoms with Crippen LogP contribution in [0.15, 0.2) is 18.2 Å². The fraction of sp³-hybridized carbons (Fsp3) is 0.143. The highest BCUT2D eigenvalue weighted by atomic mass is 79.9. The normalized spacial score (nSPS) is 9.93. The molecule has 7 heteroatoms. The summed E-state index contributed by atoms with van der Waals surface area (Å²) in [5.74, 6) is 0. The third kappa shape index (κ3) is 2.31. The minimum Gasteiger partial charge on any atom is -0.423 e. The average Bonchev–Trinajstić information content (AvgIpc) is 2.16. The van der Waals surface area contributed by atoms with Gasteiger partial charge >= 0.3 is 7.12 Å². The molecular weight excluding hydrogens is 253 g/mol. The maximum absolute atomic E-state index is 10.6. The molecule has 2 N–H and O–H groups in total. The van der Waals surface area contributed by atoms with Crippen molar-refractivity contribution in [2.45, 2.75) is 5.33 Å². The van der Waals surface area contributed by atoms with Gasteiger partial charge in [0.1, 0.15) is 0 Å². The zero-order valence-corrected chi connectivity index (χ0v) is 8.64. The Kier molecular flexibility index (Phi) is 3.62. The highest BCUT2D eigenvalue weighted by molar-refractivity contribution is 9.08. The molecule has 0 saturated heterocycles. The third-order valence-electron chi connectivity index (χ3n) is 1.72. The minimum atomic E-state index is -1.82. The van der Waals surface area contributed by atoms with Crippen LogP contribution < -0.4 is 5.46 Å². The largest absolute Gasteiger partial charge is 0.495 e. The van der Waals surface area contributed by atoms with Crippen LogP contribution in [0, 0.1) is 10.1 Å². The Balaban J connectivity index is 3.24. The molecule has 0 amide bonds. The van der Waals surface area contributed by atoms with Crippen LogP contribution >= 0.6 is 15.9 Å². The predicted octanol–water partition coefficient (Wildman–Crippen LogP) is 0.169. The second-order valence-electron chi connectivity index (χ2n) is 2.66. The summed E-state index contributed by atoms with van der Waals surface area (Å²) >= 11 is 3.15. The van der Waals surface area contributed by atoms with E-state index in [4.69, 9.17) is 10.0 Å². The number of nitrogens with zero attached hydrogens (tertiary/aromatic N) is 1. The molecule has 0 radical (unpaired) electrons. The van der Waals surface area contributed by atoms with Crippen molar-refractivity contribution in [2.24, 2.45) is 0 Å². The van der Waals surface area contributed by atoms with Gasteiger partial charge < -0.3 is 10.0 Å². The summed E-state index contributed by atoms with van der Waals surface area (Å²) in [7, 11) is -1.82. The first kappa shape index (κ1) is 11.2. The minimum absolute atomic E-state index is 0.0975. The van der Waals surface area contributed by atoms with Crippen molar-refractivity contribution in [3.8, 4) is 0 Å². The number of halogens is 1. The van der Waals surface area contributed by atoms with E-state index in [-0.39, 0.29) is 11.2 Å². The molecule has 0 spiro atoms. The van der Waals surface area contributed by atoms with E-state index < -0.39 is 12.0 Å². The van der Waals surface area contributed by atoms with Crippen molar-refractivity contribution in [2.75, 3.05) is 0 Å². The van der Waals surface area contributed by atoms with Crippen LogP contribution in [0.1, 0.15) is 5.56 Å². The Labute approximate surface area is 88.8 Å². The van der Waals surface area contributed by atoms with Gasteiger partial charge in [-0.1, -0.05) is 28.1 Å². The molecule has 0 fully saturated rings. The standard InChI is InChI=1S/C7H7BBrNO4/c9-4-5-1-2-6(8(11)12)7(3-5)10(13)14/h1-3,11-12H,4H2. The number of alkyl halides is 1. The van der Waals surface area contributed by atoms with Crippen LogP contribution in [-0.4, -0.2) is 22.1 Å². The van der Waals surface area contributed by atoms with Gasteiger partial charge in [-0.15, -0.1) is 0 Å². The maximum Gasteiger partial charge on any atom is 0.495 e. The summed E-state index contributed by atoms with van der Waals surface area (Å²) in [5, 5.41) is 28.8. The quantitative estimate of drug-likeness (QED) is 0.351. The van der Waals surface area contributed by atoms with E-state index in [1.165, 1.54) is 12.1 Å². The Morgan fingerprint density at radius 1 is 1.50 bits per heavy atom. The Hall–Kier alpha value is -0.915. The summed E-state index contributed by atoms with van der Waals surface area (Å²) < 4.78 is 0. The van der Waals surface area contributed by atoms with Crippen LogP contribution in [0.25, 0.3) is 0 Å². The Bertz CT molecular complexity index is 358. The molecule has 1 aromatic carbocycles. The summed E-state index contributed by atoms with van der Waals surface area (Å²) in [6.45, 7) is 0. The zero-order valence-electron chi connectivity index (χ0n) is 7.05. The van der Waals surface area contributed by atoms with Gasteiger partial charge in [0.2, 0.25) is 0 Å². The molecule has 0 aliphatic rings. The van der Waals surface area contributed by atoms with Crippen LogP contribution in [0.5, 0.6) is 0 Å². The lowest BCUT2D eigenvalue weighted by Gasteiger charge is -2.02. The lowest BCUT2D eigenvalue weighted by molar-refractivity contribution is -0.383. The molecule has 0 aliphatic heterocycles. The van der Waals surface area contributed by atoms with Crippen LogP contribution in [0.2, 0.25) is 0 Å². The zero-order chi connectivity index (χ0) is 10.7. The third-order valence-corrected chi connectivity index (χ3v) is 2.37. The molecule has 0 saturated carbocycles. The molecule has 0 unspecified atom stereocenters. The topological polar surface area (TPSA) is 83.6 Å². The molecular formula is C7H7BBrNO4. The van der Waals surface area contributed by atoms with E-state index in [1.807, 2.05) is 0 Å². The molecule has 0 aliphatic carbocycles. The lowest BCUT2D eigenvalue weighted by Crippen LogP contribution is -2.32. The number of rotatable bonds is 3. The van der Waals surface area contributed by atoms with Crippen molar-refractivity contribution in [1.82, 2.24) is 0 Å². The first-order valence-corrected chi connectivity index (χ1v) is 4.87. The maximum atomic E-state index is 10.6. The van der Waals surface area contributed by atoms with E-state index in [9.17, 15) is 10.1 Å². The number of nitro groups is 1. The average molecular weight is 260 g/mol. The predicted molar refractivity (Wildman–Crippen MR) is 55.6 cm³/mol. The van der Waals surface area contributed by atoms with E-state index in [1.54, 1.807) is 6.07 Å². The fourth-order valence-corrected chi connectivity index (χ4v) is 1.40. The van der Waals surface area contributed by atoms with Crippen molar-refractivity contribution in [3.63, 3.8) is 0 Å². The lowest BCUT2D eigenvalue weighted by atomic mass is 9.78. The van der Waals surface area contributed by atoms with E-state index >= 15 is 0 Å². The second kappa shape index (κ2) is 4.54. The summed E-state index contributed by atoms with van der Waals surface area (Å²) in [5.41, 5.74) is 0.331. The van der Waals surface area contributed by atoms with Crippen molar-refractivity contribution >= 4 is 34.2 Å². The second-order valence-corrected chi connectivity index (χ2v) is 3.22. The fourth-order valence-electron chi connectivity index (χ4n) is 1.05. The van der Waals surface area contributed by atoms with Crippen LogP contribution in [0.3, 0.4) is 0 Å². The number of benzene rings is 1. The van der Waals surface area contributed by atoms with Crippen molar-refractivity contribution < 1.29 is 15.0 Å². The van der Waals surface area contributed by atoms with Crippen molar-refractivity contribution in [1.29, 1.82) is 0 Å². The molecule has 1 rings (SSSR count). The summed E-state index contributed by atoms with van der Waals surface area (Å²) in [6.07, 6.45) is 0. The van der Waals surface area contributed by atoms with Gasteiger partial charge in [0, 0.05) is 11.4 Å². The van der Waals surface area contributed by atoms with Gasteiger partial charge in [-0.25, -0.2) is 0 Å². The molecule has 74 valence electrons. The van der Waals surface area contributed by atoms with E-state index in [0.29, 0.717) is 10.9 Å². The molecule has 14 heavy (non-hydrogen) atoms. The van der Waals surface area contributed by atoms with Gasteiger partial charge in [0.25, 0.3) is 5.69 Å². The summed E-state index contributed by atoms with van der Waals surface area (Å²) in [6, 6.07) is 4.24. The molecule has 5 nitrogen and oxygen atoms in total. The first-order valence-electron chi connectivity index (χ1n) is 3.75. The number of nitro benzene ring substituents is 1. The van der Waals surface area contributed by atoms with Gasteiger partial charge in [-0.3, -0.25) is 10.1 Å². The Morgan fingerprint density at radius 2 is 2.14 bits per heavy atom. The molecule has 1 aromatic rings. The van der Waals surface area contributed by atoms with E-state index in [0.717, 1.165) is 0 Å². The molecule has 0 atom stereocenters. The van der Waals surface area contributed by atoms with Crippen molar-refractivity contribution in [3.05, 3.63) is 33.9 Å². The molecule has 0 heterocycles. The SMILES string of the molecule is O=[N+]([O-])c1cc(CBr)ccc1B(O)O. The van der Waals surface area contributed by atoms with Gasteiger partial charge in [0.15, 0.2) is 0 Å². The number of hydrogen-bond acceptors (Lipinski definition) is 4. The first-order chi connectivity index (χ1) is 6.56.